The van der Waals surface area contributed by atoms with Gasteiger partial charge in [0.15, 0.2) is 0 Å². The van der Waals surface area contributed by atoms with Crippen LogP contribution in [0.3, 0.4) is 0 Å². The molecule has 0 unspecified atom stereocenters. The molecular formula is C25H39ClN6O2. The SMILES string of the molecule is CCC[C@H]1CN(c2ncc(C3=NCCN3)cc2Cl)CCN1C1CCN(C(=O)OC(C)(C)C)CC1. The van der Waals surface area contributed by atoms with E-state index in [2.05, 4.69) is 27.0 Å². The number of anilines is 1. The molecule has 4 heterocycles. The second-order valence-electron chi connectivity index (χ2n) is 10.5. The quantitative estimate of drug-likeness (QED) is 0.677. The number of nitrogens with zero attached hydrogens (tertiary/aromatic N) is 5. The summed E-state index contributed by atoms with van der Waals surface area (Å²) in [4.78, 5) is 28.5. The van der Waals surface area contributed by atoms with Gasteiger partial charge >= 0.3 is 6.09 Å². The van der Waals surface area contributed by atoms with E-state index in [9.17, 15) is 4.79 Å². The van der Waals surface area contributed by atoms with Gasteiger partial charge in [-0.15, -0.1) is 0 Å². The molecule has 1 aromatic heterocycles. The van der Waals surface area contributed by atoms with E-state index in [0.29, 0.717) is 17.1 Å². The average molecular weight is 491 g/mol. The molecule has 3 aliphatic rings. The van der Waals surface area contributed by atoms with Gasteiger partial charge in [-0.25, -0.2) is 9.78 Å². The van der Waals surface area contributed by atoms with Crippen LogP contribution in [0.5, 0.6) is 0 Å². The summed E-state index contributed by atoms with van der Waals surface area (Å²) in [5.74, 6) is 1.75. The van der Waals surface area contributed by atoms with Gasteiger partial charge < -0.3 is 19.9 Å². The zero-order valence-corrected chi connectivity index (χ0v) is 21.8. The number of likely N-dealkylation sites (tertiary alicyclic amines) is 1. The lowest BCUT2D eigenvalue weighted by Crippen LogP contribution is -2.59. The fourth-order valence-corrected chi connectivity index (χ4v) is 5.51. The molecule has 1 N–H and O–H groups in total. The maximum atomic E-state index is 12.5. The molecule has 4 rings (SSSR count). The number of amides is 1. The highest BCUT2D eigenvalue weighted by Crippen LogP contribution is 2.30. The summed E-state index contributed by atoms with van der Waals surface area (Å²) >= 11 is 6.69. The number of carbonyl (C=O) groups is 1. The zero-order chi connectivity index (χ0) is 24.3. The summed E-state index contributed by atoms with van der Waals surface area (Å²) in [6, 6.07) is 2.93. The largest absolute Gasteiger partial charge is 0.444 e. The molecule has 1 atom stereocenters. The van der Waals surface area contributed by atoms with Crippen molar-refractivity contribution in [2.75, 3.05) is 50.7 Å². The molecule has 34 heavy (non-hydrogen) atoms. The molecule has 188 valence electrons. The number of piperidine rings is 1. The summed E-state index contributed by atoms with van der Waals surface area (Å²) in [5.41, 5.74) is 0.497. The third-order valence-corrected chi connectivity index (χ3v) is 7.08. The molecule has 0 aliphatic carbocycles. The van der Waals surface area contributed by atoms with E-state index in [0.717, 1.165) is 88.7 Å². The van der Waals surface area contributed by atoms with Gasteiger partial charge in [-0.3, -0.25) is 9.89 Å². The summed E-state index contributed by atoms with van der Waals surface area (Å²) < 4.78 is 5.57. The number of ether oxygens (including phenoxy) is 1. The molecule has 3 aliphatic heterocycles. The maximum Gasteiger partial charge on any atom is 0.410 e. The van der Waals surface area contributed by atoms with Gasteiger partial charge in [0.2, 0.25) is 0 Å². The number of rotatable bonds is 5. The summed E-state index contributed by atoms with van der Waals surface area (Å²) in [6.45, 7) is 14.0. The van der Waals surface area contributed by atoms with Crippen molar-refractivity contribution in [3.8, 4) is 0 Å². The van der Waals surface area contributed by atoms with Crippen molar-refractivity contribution in [3.05, 3.63) is 22.8 Å². The van der Waals surface area contributed by atoms with Crippen LogP contribution >= 0.6 is 11.6 Å². The van der Waals surface area contributed by atoms with E-state index < -0.39 is 5.60 Å². The van der Waals surface area contributed by atoms with E-state index in [1.807, 2.05) is 37.9 Å². The van der Waals surface area contributed by atoms with Crippen molar-refractivity contribution >= 4 is 29.3 Å². The second-order valence-corrected chi connectivity index (χ2v) is 10.9. The Labute approximate surface area is 208 Å². The average Bonchev–Trinajstić information content (AvgIpc) is 3.33. The van der Waals surface area contributed by atoms with Crippen LogP contribution in [0, 0.1) is 0 Å². The Morgan fingerprint density at radius 3 is 2.62 bits per heavy atom. The number of pyridine rings is 1. The number of hydrogen-bond donors (Lipinski definition) is 1. The van der Waals surface area contributed by atoms with Crippen LogP contribution < -0.4 is 10.2 Å². The molecule has 0 radical (unpaired) electrons. The molecule has 1 aromatic rings. The first kappa shape index (κ1) is 25.0. The highest BCUT2D eigenvalue weighted by molar-refractivity contribution is 6.33. The highest BCUT2D eigenvalue weighted by atomic mass is 35.5. The van der Waals surface area contributed by atoms with Crippen LogP contribution in [0.25, 0.3) is 0 Å². The minimum atomic E-state index is -0.453. The van der Waals surface area contributed by atoms with Crippen molar-refractivity contribution in [2.24, 2.45) is 4.99 Å². The van der Waals surface area contributed by atoms with Crippen LogP contribution in [-0.2, 0) is 4.74 Å². The van der Waals surface area contributed by atoms with E-state index in [4.69, 9.17) is 21.3 Å². The zero-order valence-electron chi connectivity index (χ0n) is 21.0. The fourth-order valence-electron chi connectivity index (χ4n) is 5.22. The predicted molar refractivity (Wildman–Crippen MR) is 137 cm³/mol. The Bertz CT molecular complexity index is 894. The first-order chi connectivity index (χ1) is 16.2. The van der Waals surface area contributed by atoms with Crippen molar-refractivity contribution in [3.63, 3.8) is 0 Å². The number of aliphatic imine (C=N–C) groups is 1. The minimum Gasteiger partial charge on any atom is -0.444 e. The van der Waals surface area contributed by atoms with Gasteiger partial charge in [0, 0.05) is 63.1 Å². The maximum absolute atomic E-state index is 12.5. The molecule has 0 spiro atoms. The predicted octanol–water partition coefficient (Wildman–Crippen LogP) is 3.78. The standard InChI is InChI=1S/C25H39ClN6O2/c1-5-6-20-17-31(23-21(26)15-18(16-29-23)22-27-9-10-28-22)13-14-32(20)19-7-11-30(12-8-19)24(33)34-25(2,3)4/h15-16,19-20H,5-14,17H2,1-4H3,(H,27,28)/t20-/m0/s1. The van der Waals surface area contributed by atoms with Gasteiger partial charge in [0.05, 0.1) is 11.6 Å². The van der Waals surface area contributed by atoms with E-state index in [-0.39, 0.29) is 6.09 Å². The van der Waals surface area contributed by atoms with E-state index >= 15 is 0 Å². The molecule has 9 heteroatoms. The summed E-state index contributed by atoms with van der Waals surface area (Å²) in [7, 11) is 0. The number of hydrogen-bond acceptors (Lipinski definition) is 7. The number of nitrogens with one attached hydrogen (secondary N) is 1. The van der Waals surface area contributed by atoms with Gasteiger partial charge in [-0.05, 0) is 46.1 Å². The van der Waals surface area contributed by atoms with Gasteiger partial charge in [-0.2, -0.15) is 0 Å². The topological polar surface area (TPSA) is 73.3 Å². The Kier molecular flexibility index (Phi) is 7.87. The number of halogens is 1. The van der Waals surface area contributed by atoms with Crippen LogP contribution in [0.1, 0.15) is 58.9 Å². The lowest BCUT2D eigenvalue weighted by molar-refractivity contribution is 0.00914. The van der Waals surface area contributed by atoms with Crippen molar-refractivity contribution in [1.82, 2.24) is 20.1 Å². The molecule has 0 bridgehead atoms. The normalized spacial score (nSPS) is 22.5. The number of piperazine rings is 1. The molecule has 0 aromatic carbocycles. The van der Waals surface area contributed by atoms with Gasteiger partial charge in [-0.1, -0.05) is 24.9 Å². The highest BCUT2D eigenvalue weighted by Gasteiger charge is 2.36. The van der Waals surface area contributed by atoms with Crippen molar-refractivity contribution in [1.29, 1.82) is 0 Å². The number of amidine groups is 1. The second kappa shape index (κ2) is 10.7. The van der Waals surface area contributed by atoms with Crippen LogP contribution in [0.4, 0.5) is 10.6 Å². The Hall–Kier alpha value is -2.06. The minimum absolute atomic E-state index is 0.191. The summed E-state index contributed by atoms with van der Waals surface area (Å²) in [5, 5.41) is 3.97. The molecule has 2 fully saturated rings. The molecule has 2 saturated heterocycles. The number of aromatic nitrogens is 1. The molecular weight excluding hydrogens is 452 g/mol. The van der Waals surface area contributed by atoms with Crippen LogP contribution in [0.15, 0.2) is 17.3 Å². The van der Waals surface area contributed by atoms with Gasteiger partial charge in [0.1, 0.15) is 17.3 Å². The molecule has 8 nitrogen and oxygen atoms in total. The fraction of sp³-hybridized carbons (Fsp3) is 0.720. The third kappa shape index (κ3) is 5.95. The Morgan fingerprint density at radius 2 is 2.00 bits per heavy atom. The Balaban J connectivity index is 1.38. The van der Waals surface area contributed by atoms with Gasteiger partial charge in [0.25, 0.3) is 0 Å². The monoisotopic (exact) mass is 490 g/mol. The smallest absolute Gasteiger partial charge is 0.410 e. The first-order valence-corrected chi connectivity index (χ1v) is 13.1. The molecule has 1 amide bonds. The lowest BCUT2D eigenvalue weighted by Gasteiger charge is -2.48. The third-order valence-electron chi connectivity index (χ3n) is 6.80. The van der Waals surface area contributed by atoms with Crippen molar-refractivity contribution < 1.29 is 9.53 Å². The number of carbonyl (C=O) groups excluding carboxylic acids is 1. The van der Waals surface area contributed by atoms with E-state index in [1.165, 1.54) is 0 Å². The summed E-state index contributed by atoms with van der Waals surface area (Å²) in [6.07, 6.45) is 5.94. The molecule has 0 saturated carbocycles. The van der Waals surface area contributed by atoms with E-state index in [1.54, 1.807) is 0 Å². The Morgan fingerprint density at radius 1 is 1.24 bits per heavy atom. The van der Waals surface area contributed by atoms with Crippen molar-refractivity contribution in [2.45, 2.75) is 71.1 Å². The first-order valence-electron chi connectivity index (χ1n) is 12.7. The van der Waals surface area contributed by atoms with Crippen LogP contribution in [0.2, 0.25) is 5.02 Å². The van der Waals surface area contributed by atoms with Crippen LogP contribution in [-0.4, -0.2) is 90.2 Å². The lowest BCUT2D eigenvalue weighted by atomic mass is 9.97.